The average molecular weight is 322 g/mol. The van der Waals surface area contributed by atoms with Crippen LogP contribution in [0.3, 0.4) is 0 Å². The lowest BCUT2D eigenvalue weighted by Gasteiger charge is -1.98. The number of rotatable bonds is 1. The molecule has 0 aliphatic carbocycles. The van der Waals surface area contributed by atoms with Gasteiger partial charge < -0.3 is 4.57 Å². The highest BCUT2D eigenvalue weighted by atomic mass is 127. The van der Waals surface area contributed by atoms with E-state index >= 15 is 0 Å². The molecule has 0 saturated heterocycles. The van der Waals surface area contributed by atoms with E-state index in [0.717, 1.165) is 17.1 Å². The maximum absolute atomic E-state index is 6.31. The fourth-order valence-electron chi connectivity index (χ4n) is 1.62. The Labute approximate surface area is 102 Å². The molecule has 0 aliphatic heterocycles. The van der Waals surface area contributed by atoms with Gasteiger partial charge in [0.1, 0.15) is 6.54 Å². The quantitative estimate of drug-likeness (QED) is 0.434. The number of nitrogens with zero attached hydrogens (tertiary/aromatic N) is 2. The third kappa shape index (κ3) is 1.42. The van der Waals surface area contributed by atoms with E-state index in [2.05, 4.69) is 46.3 Å². The summed E-state index contributed by atoms with van der Waals surface area (Å²) in [6.07, 6.45) is 4.12. The Bertz CT molecular complexity index is 490. The van der Waals surface area contributed by atoms with E-state index in [1.165, 1.54) is 9.09 Å². The summed E-state index contributed by atoms with van der Waals surface area (Å²) in [4.78, 5) is 0. The molecule has 2 rings (SSSR count). The van der Waals surface area contributed by atoms with Crippen molar-refractivity contribution in [3.8, 4) is 0 Å². The molecule has 14 heavy (non-hydrogen) atoms. The fourth-order valence-corrected chi connectivity index (χ4v) is 3.11. The summed E-state index contributed by atoms with van der Waals surface area (Å²) in [6, 6.07) is 2.10. The van der Waals surface area contributed by atoms with Gasteiger partial charge in [-0.05, 0) is 41.1 Å². The molecule has 0 radical (unpaired) electrons. The normalized spacial score (nSPS) is 11.1. The molecule has 0 spiro atoms. The van der Waals surface area contributed by atoms with Gasteiger partial charge in [-0.15, -0.1) is 0 Å². The van der Waals surface area contributed by atoms with Gasteiger partial charge in [0.05, 0.1) is 10.9 Å². The summed E-state index contributed by atoms with van der Waals surface area (Å²) in [5.74, 6) is 0. The first-order valence-corrected chi connectivity index (χ1v) is 5.93. The molecule has 2 aromatic rings. The van der Waals surface area contributed by atoms with Crippen molar-refractivity contribution in [2.45, 2.75) is 13.5 Å². The number of halogens is 2. The van der Waals surface area contributed by atoms with Crippen LogP contribution in [0.5, 0.6) is 0 Å². The zero-order chi connectivity index (χ0) is 10.3. The highest BCUT2D eigenvalue weighted by molar-refractivity contribution is 14.1. The number of aryl methyl sites for hydroxylation is 2. The minimum atomic E-state index is 0.829. The summed E-state index contributed by atoms with van der Waals surface area (Å²) in [5.41, 5.74) is 1.18. The monoisotopic (exact) mass is 321 g/mol. The number of fused-ring (bicyclic) bond motifs is 1. The van der Waals surface area contributed by atoms with E-state index in [-0.39, 0.29) is 0 Å². The van der Waals surface area contributed by atoms with E-state index in [4.69, 9.17) is 11.6 Å². The van der Waals surface area contributed by atoms with E-state index in [9.17, 15) is 0 Å². The molecule has 0 atom stereocenters. The van der Waals surface area contributed by atoms with Crippen molar-refractivity contribution in [2.75, 3.05) is 0 Å². The van der Waals surface area contributed by atoms with Gasteiger partial charge in [0, 0.05) is 22.9 Å². The van der Waals surface area contributed by atoms with Gasteiger partial charge in [-0.3, -0.25) is 0 Å². The SMILES string of the molecule is CC[n+]1ccc2c(c(I)cn2C)c1Cl. The van der Waals surface area contributed by atoms with E-state index in [0.29, 0.717) is 0 Å². The number of pyridine rings is 1. The zero-order valence-corrected chi connectivity index (χ0v) is 11.0. The molecule has 2 aromatic heterocycles. The first kappa shape index (κ1) is 10.2. The predicted octanol–water partition coefficient (Wildman–Crippen LogP) is 2.74. The van der Waals surface area contributed by atoms with E-state index in [1.54, 1.807) is 0 Å². The van der Waals surface area contributed by atoms with Crippen LogP contribution in [-0.4, -0.2) is 4.57 Å². The molecule has 0 unspecified atom stereocenters. The van der Waals surface area contributed by atoms with Crippen molar-refractivity contribution in [3.63, 3.8) is 0 Å². The van der Waals surface area contributed by atoms with Gasteiger partial charge in [-0.1, -0.05) is 0 Å². The van der Waals surface area contributed by atoms with Crippen LogP contribution in [0.15, 0.2) is 18.5 Å². The molecule has 2 heterocycles. The molecule has 0 aromatic carbocycles. The van der Waals surface area contributed by atoms with Gasteiger partial charge >= 0.3 is 0 Å². The molecule has 0 saturated carbocycles. The Morgan fingerprint density at radius 1 is 1.57 bits per heavy atom. The van der Waals surface area contributed by atoms with Crippen LogP contribution < -0.4 is 4.57 Å². The van der Waals surface area contributed by atoms with Gasteiger partial charge in [0.2, 0.25) is 0 Å². The van der Waals surface area contributed by atoms with Crippen LogP contribution in [-0.2, 0) is 13.6 Å². The van der Waals surface area contributed by atoms with Crippen LogP contribution in [0.4, 0.5) is 0 Å². The highest BCUT2D eigenvalue weighted by Crippen LogP contribution is 2.26. The molecular weight excluding hydrogens is 310 g/mol. The lowest BCUT2D eigenvalue weighted by Crippen LogP contribution is -2.33. The van der Waals surface area contributed by atoms with Gasteiger partial charge in [0.15, 0.2) is 6.20 Å². The van der Waals surface area contributed by atoms with E-state index in [1.807, 2.05) is 17.8 Å². The largest absolute Gasteiger partial charge is 0.349 e. The van der Waals surface area contributed by atoms with Gasteiger partial charge in [-0.25, -0.2) is 0 Å². The van der Waals surface area contributed by atoms with Crippen LogP contribution in [0.25, 0.3) is 10.9 Å². The third-order valence-corrected chi connectivity index (χ3v) is 3.62. The van der Waals surface area contributed by atoms with Crippen LogP contribution in [0.2, 0.25) is 5.15 Å². The summed E-state index contributed by atoms with van der Waals surface area (Å²) in [6.45, 7) is 2.99. The van der Waals surface area contributed by atoms with Crippen LogP contribution in [0.1, 0.15) is 6.92 Å². The molecule has 0 N–H and O–H groups in total. The number of hydrogen-bond donors (Lipinski definition) is 0. The van der Waals surface area contributed by atoms with Crippen molar-refractivity contribution in [2.24, 2.45) is 7.05 Å². The number of aromatic nitrogens is 2. The van der Waals surface area contributed by atoms with Crippen molar-refractivity contribution < 1.29 is 4.57 Å². The smallest absolute Gasteiger partial charge is 0.285 e. The topological polar surface area (TPSA) is 8.81 Å². The first-order valence-electron chi connectivity index (χ1n) is 4.47. The summed E-state index contributed by atoms with van der Waals surface area (Å²) in [5, 5.41) is 1.98. The van der Waals surface area contributed by atoms with Crippen molar-refractivity contribution in [3.05, 3.63) is 27.2 Å². The van der Waals surface area contributed by atoms with Crippen LogP contribution in [0, 0.1) is 3.57 Å². The first-order chi connectivity index (χ1) is 6.65. The predicted molar refractivity (Wildman–Crippen MR) is 66.5 cm³/mol. The minimum Gasteiger partial charge on any atom is -0.349 e. The Morgan fingerprint density at radius 2 is 2.29 bits per heavy atom. The number of hydrogen-bond acceptors (Lipinski definition) is 0. The maximum atomic E-state index is 6.31. The highest BCUT2D eigenvalue weighted by Gasteiger charge is 2.16. The molecule has 0 bridgehead atoms. The Balaban J connectivity index is 2.87. The van der Waals surface area contributed by atoms with Crippen molar-refractivity contribution in [1.29, 1.82) is 0 Å². The molecule has 0 aliphatic rings. The molecular formula is C10H11ClIN2+. The lowest BCUT2D eigenvalue weighted by molar-refractivity contribution is -0.690. The van der Waals surface area contributed by atoms with Crippen molar-refractivity contribution >= 4 is 45.1 Å². The third-order valence-electron chi connectivity index (χ3n) is 2.39. The summed E-state index contributed by atoms with van der Waals surface area (Å²) in [7, 11) is 2.04. The zero-order valence-electron chi connectivity index (χ0n) is 8.09. The fraction of sp³-hybridized carbons (Fsp3) is 0.300. The Hall–Kier alpha value is -0.290. The maximum Gasteiger partial charge on any atom is 0.285 e. The second-order valence-electron chi connectivity index (χ2n) is 3.24. The molecule has 0 amide bonds. The average Bonchev–Trinajstić information content (AvgIpc) is 2.44. The van der Waals surface area contributed by atoms with E-state index < -0.39 is 0 Å². The minimum absolute atomic E-state index is 0.829. The summed E-state index contributed by atoms with van der Waals surface area (Å²) >= 11 is 8.62. The van der Waals surface area contributed by atoms with Crippen molar-refractivity contribution in [1.82, 2.24) is 4.57 Å². The lowest BCUT2D eigenvalue weighted by atomic mass is 10.3. The van der Waals surface area contributed by atoms with Crippen LogP contribution >= 0.6 is 34.2 Å². The Morgan fingerprint density at radius 3 is 2.93 bits per heavy atom. The molecule has 4 heteroatoms. The second-order valence-corrected chi connectivity index (χ2v) is 4.76. The second kappa shape index (κ2) is 3.70. The summed E-state index contributed by atoms with van der Waals surface area (Å²) < 4.78 is 5.35. The Kier molecular flexibility index (Phi) is 2.70. The molecule has 74 valence electrons. The molecule has 0 fully saturated rings. The molecule has 2 nitrogen and oxygen atoms in total. The van der Waals surface area contributed by atoms with Gasteiger partial charge in [0.25, 0.3) is 5.15 Å². The standard InChI is InChI=1S/C10H11ClIN2/c1-3-14-5-4-8-9(10(14)11)7(12)6-13(8)2/h4-6H,3H2,1-2H3/q+1. The van der Waals surface area contributed by atoms with Gasteiger partial charge in [-0.2, -0.15) is 4.57 Å².